The molecule has 4 aromatic heterocycles. The van der Waals surface area contributed by atoms with Crippen molar-refractivity contribution in [2.45, 2.75) is 0 Å². The molecule has 0 saturated heterocycles. The number of carboxylic acid groups (broad SMARTS) is 2. The third-order valence-electron chi connectivity index (χ3n) is 6.47. The largest absolute Gasteiger partial charge is 0.476 e. The van der Waals surface area contributed by atoms with Crippen LogP contribution in [0.15, 0.2) is 48.8 Å². The van der Waals surface area contributed by atoms with Gasteiger partial charge in [0.1, 0.15) is 11.4 Å². The number of nitrogens with two attached hydrogens (primary N) is 2. The molecule has 8 N–H and O–H groups in total. The van der Waals surface area contributed by atoms with Gasteiger partial charge < -0.3 is 31.6 Å². The second kappa shape index (κ2) is 11.4. The van der Waals surface area contributed by atoms with Crippen LogP contribution in [-0.4, -0.2) is 42.1 Å². The van der Waals surface area contributed by atoms with Crippen LogP contribution in [0, 0.1) is 23.3 Å². The fourth-order valence-electron chi connectivity index (χ4n) is 4.31. The average molecular weight is 647 g/mol. The van der Waals surface area contributed by atoms with E-state index in [0.717, 1.165) is 0 Å². The van der Waals surface area contributed by atoms with Crippen LogP contribution < -0.4 is 11.5 Å². The summed E-state index contributed by atoms with van der Waals surface area (Å²) >= 11 is 11.3. The lowest BCUT2D eigenvalue weighted by atomic mass is 10.1. The van der Waals surface area contributed by atoms with E-state index in [2.05, 4.69) is 19.9 Å². The highest BCUT2D eigenvalue weighted by molar-refractivity contribution is 6.36. The first-order valence-corrected chi connectivity index (χ1v) is 12.9. The van der Waals surface area contributed by atoms with Gasteiger partial charge in [-0.1, -0.05) is 35.3 Å². The summed E-state index contributed by atoms with van der Waals surface area (Å²) in [5, 5.41) is 18.2. The van der Waals surface area contributed by atoms with Gasteiger partial charge in [-0.3, -0.25) is 0 Å². The third kappa shape index (κ3) is 4.99. The fourth-order valence-corrected chi connectivity index (χ4v) is 4.72. The number of anilines is 2. The summed E-state index contributed by atoms with van der Waals surface area (Å²) in [6, 6.07) is 8.99. The van der Waals surface area contributed by atoms with Gasteiger partial charge in [-0.2, -0.15) is 0 Å². The summed E-state index contributed by atoms with van der Waals surface area (Å²) in [6.45, 7) is 0. The standard InChI is InChI=1S/2C14H8ClF2N3O2/c2*15-7-10(18)9(17)12(20-13(7)14(21)22)6-2-1-5-3-4-19-11(5)8(6)16/h2*1-4,19H,(H2,18,20)(H,21,22). The summed E-state index contributed by atoms with van der Waals surface area (Å²) < 4.78 is 57.5. The Morgan fingerprint density at radius 3 is 1.34 bits per heavy atom. The van der Waals surface area contributed by atoms with Crippen molar-refractivity contribution >= 4 is 68.3 Å². The maximum Gasteiger partial charge on any atom is 0.356 e. The van der Waals surface area contributed by atoms with Gasteiger partial charge in [-0.25, -0.2) is 37.1 Å². The Morgan fingerprint density at radius 2 is 1.00 bits per heavy atom. The molecule has 2 aromatic carbocycles. The van der Waals surface area contributed by atoms with E-state index in [0.29, 0.717) is 10.8 Å². The Kier molecular flexibility index (Phi) is 7.80. The van der Waals surface area contributed by atoms with Crippen LogP contribution in [0.4, 0.5) is 28.9 Å². The maximum atomic E-state index is 14.5. The second-order valence-corrected chi connectivity index (χ2v) is 9.81. The first kappa shape index (κ1) is 30.1. The molecule has 0 amide bonds. The molecule has 0 aliphatic carbocycles. The molecule has 16 heteroatoms. The molecule has 0 unspecified atom stereocenters. The van der Waals surface area contributed by atoms with Gasteiger partial charge in [0.25, 0.3) is 0 Å². The Balaban J connectivity index is 0.000000175. The zero-order chi connectivity index (χ0) is 32.0. The maximum absolute atomic E-state index is 14.5. The van der Waals surface area contributed by atoms with Gasteiger partial charge in [-0.15, -0.1) is 0 Å². The number of halogens is 6. The minimum atomic E-state index is -1.49. The van der Waals surface area contributed by atoms with Gasteiger partial charge in [0.05, 0.1) is 32.5 Å². The first-order chi connectivity index (χ1) is 20.8. The smallest absolute Gasteiger partial charge is 0.356 e. The fraction of sp³-hybridized carbons (Fsp3) is 0. The van der Waals surface area contributed by atoms with E-state index in [9.17, 15) is 27.2 Å². The highest BCUT2D eigenvalue weighted by Gasteiger charge is 2.25. The summed E-state index contributed by atoms with van der Waals surface area (Å²) in [4.78, 5) is 34.8. The lowest BCUT2D eigenvalue weighted by molar-refractivity contribution is 0.0680. The zero-order valence-electron chi connectivity index (χ0n) is 21.6. The zero-order valence-corrected chi connectivity index (χ0v) is 23.2. The molecule has 0 spiro atoms. The lowest BCUT2D eigenvalue weighted by Crippen LogP contribution is -2.08. The Hall–Kier alpha value is -5.34. The highest BCUT2D eigenvalue weighted by atomic mass is 35.5. The number of benzene rings is 2. The number of nitrogen functional groups attached to an aromatic ring is 2. The quantitative estimate of drug-likeness (QED) is 0.112. The van der Waals surface area contributed by atoms with E-state index in [1.807, 2.05) is 0 Å². The molecule has 0 bridgehead atoms. The SMILES string of the molecule is Nc1c(F)c(-c2ccc3cc[nH]c3c2F)nc(C(=O)O)c1Cl.Nc1c(F)c(-c2ccc3cc[nH]c3c2F)nc(C(=O)O)c1Cl. The van der Waals surface area contributed by atoms with Crippen LogP contribution >= 0.6 is 23.2 Å². The van der Waals surface area contributed by atoms with Crippen molar-refractivity contribution in [1.82, 2.24) is 19.9 Å². The van der Waals surface area contributed by atoms with Crippen LogP contribution in [-0.2, 0) is 0 Å². The number of hydrogen-bond acceptors (Lipinski definition) is 6. The van der Waals surface area contributed by atoms with E-state index in [4.69, 9.17) is 44.9 Å². The van der Waals surface area contributed by atoms with E-state index < -0.39 is 79.4 Å². The molecule has 4 heterocycles. The molecule has 6 aromatic rings. The number of H-pyrrole nitrogens is 2. The number of nitrogens with one attached hydrogen (secondary N) is 2. The minimum absolute atomic E-state index is 0.157. The van der Waals surface area contributed by atoms with Crippen molar-refractivity contribution in [3.05, 3.63) is 93.5 Å². The summed E-state index contributed by atoms with van der Waals surface area (Å²) in [5.41, 5.74) is 7.35. The number of fused-ring (bicyclic) bond motifs is 2. The molecule has 44 heavy (non-hydrogen) atoms. The number of carboxylic acids is 2. The van der Waals surface area contributed by atoms with Crippen LogP contribution in [0.5, 0.6) is 0 Å². The van der Waals surface area contributed by atoms with Gasteiger partial charge >= 0.3 is 11.9 Å². The molecule has 0 atom stereocenters. The number of aromatic carboxylic acids is 2. The number of aromatic amines is 2. The van der Waals surface area contributed by atoms with Crippen LogP contribution in [0.3, 0.4) is 0 Å². The van der Waals surface area contributed by atoms with Crippen molar-refractivity contribution < 1.29 is 37.4 Å². The van der Waals surface area contributed by atoms with Crippen molar-refractivity contribution in [3.8, 4) is 22.5 Å². The third-order valence-corrected chi connectivity index (χ3v) is 7.23. The molecule has 10 nitrogen and oxygen atoms in total. The van der Waals surface area contributed by atoms with E-state index >= 15 is 0 Å². The summed E-state index contributed by atoms with van der Waals surface area (Å²) in [7, 11) is 0. The molecule has 0 fully saturated rings. The van der Waals surface area contributed by atoms with E-state index in [-0.39, 0.29) is 22.2 Å². The topological polar surface area (TPSA) is 184 Å². The van der Waals surface area contributed by atoms with Gasteiger partial charge in [-0.05, 0) is 24.3 Å². The molecule has 0 radical (unpaired) electrons. The summed E-state index contributed by atoms with van der Waals surface area (Å²) in [6.07, 6.45) is 3.06. The van der Waals surface area contributed by atoms with Crippen molar-refractivity contribution in [1.29, 1.82) is 0 Å². The predicted octanol–water partition coefficient (Wildman–Crippen LogP) is 6.88. The predicted molar refractivity (Wildman–Crippen MR) is 156 cm³/mol. The molecular formula is C28H16Cl2F4N6O4. The van der Waals surface area contributed by atoms with E-state index in [1.165, 1.54) is 24.5 Å². The normalized spacial score (nSPS) is 11.0. The number of pyridine rings is 2. The molecule has 0 aliphatic rings. The molecule has 0 aliphatic heterocycles. The number of hydrogen-bond donors (Lipinski definition) is 6. The van der Waals surface area contributed by atoms with Gasteiger partial charge in [0.15, 0.2) is 34.7 Å². The second-order valence-electron chi connectivity index (χ2n) is 9.05. The van der Waals surface area contributed by atoms with Crippen molar-refractivity contribution in [3.63, 3.8) is 0 Å². The van der Waals surface area contributed by atoms with Crippen molar-refractivity contribution in [2.75, 3.05) is 11.5 Å². The number of rotatable bonds is 4. The average Bonchev–Trinajstić information content (AvgIpc) is 3.67. The molecule has 224 valence electrons. The lowest BCUT2D eigenvalue weighted by Gasteiger charge is -2.10. The Morgan fingerprint density at radius 1 is 0.636 bits per heavy atom. The van der Waals surface area contributed by atoms with Gasteiger partial charge in [0, 0.05) is 34.3 Å². The van der Waals surface area contributed by atoms with Crippen LogP contribution in [0.2, 0.25) is 10.0 Å². The molecular weight excluding hydrogens is 631 g/mol. The number of aromatic nitrogens is 4. The highest BCUT2D eigenvalue weighted by Crippen LogP contribution is 2.36. The summed E-state index contributed by atoms with van der Waals surface area (Å²) in [5.74, 6) is -6.63. The van der Waals surface area contributed by atoms with E-state index in [1.54, 1.807) is 24.3 Å². The van der Waals surface area contributed by atoms with Crippen LogP contribution in [0.25, 0.3) is 44.3 Å². The first-order valence-electron chi connectivity index (χ1n) is 12.1. The van der Waals surface area contributed by atoms with Crippen molar-refractivity contribution in [2.24, 2.45) is 0 Å². The van der Waals surface area contributed by atoms with Crippen LogP contribution in [0.1, 0.15) is 21.0 Å². The Bertz CT molecular complexity index is 2000. The number of carbonyl (C=O) groups is 2. The number of nitrogens with zero attached hydrogens (tertiary/aromatic N) is 2. The minimum Gasteiger partial charge on any atom is -0.476 e. The van der Waals surface area contributed by atoms with Gasteiger partial charge in [0.2, 0.25) is 0 Å². The molecule has 6 rings (SSSR count). The molecule has 0 saturated carbocycles. The Labute approximate surface area is 252 Å². The monoisotopic (exact) mass is 646 g/mol.